The highest BCUT2D eigenvalue weighted by Gasteiger charge is 2.35. The van der Waals surface area contributed by atoms with Crippen LogP contribution in [0.3, 0.4) is 0 Å². The van der Waals surface area contributed by atoms with Gasteiger partial charge in [0, 0.05) is 17.4 Å². The number of aromatic nitrogens is 1. The number of esters is 1. The summed E-state index contributed by atoms with van der Waals surface area (Å²) in [5.41, 5.74) is 3.59. The fourth-order valence-corrected chi connectivity index (χ4v) is 3.76. The number of aryl methyl sites for hydroxylation is 2. The van der Waals surface area contributed by atoms with Crippen molar-refractivity contribution in [2.45, 2.75) is 46.3 Å². The van der Waals surface area contributed by atoms with Gasteiger partial charge in [-0.2, -0.15) is 0 Å². The Labute approximate surface area is 157 Å². The van der Waals surface area contributed by atoms with Gasteiger partial charge >= 0.3 is 5.97 Å². The zero-order valence-corrected chi connectivity index (χ0v) is 16.0. The Morgan fingerprint density at radius 3 is 2.69 bits per heavy atom. The van der Waals surface area contributed by atoms with Crippen LogP contribution in [-0.4, -0.2) is 29.0 Å². The number of carbonyl (C=O) groups excluding carboxylic acids is 2. The van der Waals surface area contributed by atoms with Crippen LogP contribution in [0.15, 0.2) is 30.3 Å². The molecule has 6 heteroatoms. The van der Waals surface area contributed by atoms with Crippen molar-refractivity contribution >= 4 is 29.2 Å². The molecule has 1 aliphatic heterocycles. The van der Waals surface area contributed by atoms with E-state index in [1.165, 1.54) is 0 Å². The zero-order chi connectivity index (χ0) is 19.0. The summed E-state index contributed by atoms with van der Waals surface area (Å²) in [5, 5.41) is 0.0898. The molecule has 2 heterocycles. The van der Waals surface area contributed by atoms with Crippen molar-refractivity contribution in [2.75, 3.05) is 4.90 Å². The molecule has 0 saturated carbocycles. The van der Waals surface area contributed by atoms with E-state index in [0.29, 0.717) is 5.56 Å². The average Bonchev–Trinajstić information content (AvgIpc) is 2.88. The fraction of sp³-hybridized carbons (Fsp3) is 0.350. The standard InChI is InChI=1S/C20H21ClN2O3/c1-11-9-12(2)22-18(21)17(11)20(25)26-14(4)19(24)23-13(3)10-15-7-5-6-8-16(15)23/h5-9,13-14H,10H2,1-4H3/t13-,14-/m0/s1. The van der Waals surface area contributed by atoms with Crippen LogP contribution in [-0.2, 0) is 16.0 Å². The van der Waals surface area contributed by atoms with E-state index in [9.17, 15) is 9.59 Å². The van der Waals surface area contributed by atoms with E-state index in [1.807, 2.05) is 31.2 Å². The quantitative estimate of drug-likeness (QED) is 0.606. The zero-order valence-electron chi connectivity index (χ0n) is 15.2. The molecule has 0 aliphatic carbocycles. The third kappa shape index (κ3) is 3.31. The molecule has 5 nitrogen and oxygen atoms in total. The first-order valence-corrected chi connectivity index (χ1v) is 8.93. The predicted molar refractivity (Wildman–Crippen MR) is 101 cm³/mol. The SMILES string of the molecule is Cc1cc(C)c(C(=O)O[C@@H](C)C(=O)N2c3ccccc3C[C@@H]2C)c(Cl)n1. The molecule has 1 aliphatic rings. The van der Waals surface area contributed by atoms with Crippen LogP contribution in [0, 0.1) is 13.8 Å². The summed E-state index contributed by atoms with van der Waals surface area (Å²) in [7, 11) is 0. The van der Waals surface area contributed by atoms with Crippen molar-refractivity contribution in [1.82, 2.24) is 4.98 Å². The first-order chi connectivity index (χ1) is 12.3. The second-order valence-electron chi connectivity index (χ2n) is 6.68. The molecule has 3 rings (SSSR count). The third-order valence-electron chi connectivity index (χ3n) is 4.58. The summed E-state index contributed by atoms with van der Waals surface area (Å²) in [6.45, 7) is 7.13. The van der Waals surface area contributed by atoms with Gasteiger partial charge in [0.05, 0.1) is 5.56 Å². The molecule has 1 aromatic heterocycles. The number of fused-ring (bicyclic) bond motifs is 1. The van der Waals surface area contributed by atoms with Crippen LogP contribution in [0.2, 0.25) is 5.15 Å². The summed E-state index contributed by atoms with van der Waals surface area (Å²) in [6, 6.07) is 9.56. The number of amides is 1. The average molecular weight is 373 g/mol. The molecule has 0 spiro atoms. The minimum absolute atomic E-state index is 0.0208. The third-order valence-corrected chi connectivity index (χ3v) is 4.85. The lowest BCUT2D eigenvalue weighted by molar-refractivity contribution is -0.126. The number of pyridine rings is 1. The van der Waals surface area contributed by atoms with Gasteiger partial charge in [-0.25, -0.2) is 9.78 Å². The maximum Gasteiger partial charge on any atom is 0.342 e. The Balaban J connectivity index is 1.79. The number of hydrogen-bond acceptors (Lipinski definition) is 4. The first-order valence-electron chi connectivity index (χ1n) is 8.55. The number of rotatable bonds is 3. The minimum Gasteiger partial charge on any atom is -0.449 e. The van der Waals surface area contributed by atoms with Crippen LogP contribution in [0.4, 0.5) is 5.69 Å². The van der Waals surface area contributed by atoms with Crippen molar-refractivity contribution < 1.29 is 14.3 Å². The molecule has 1 amide bonds. The van der Waals surface area contributed by atoms with Crippen LogP contribution in [0.25, 0.3) is 0 Å². The first kappa shape index (κ1) is 18.4. The summed E-state index contributed by atoms with van der Waals surface area (Å²) in [6.07, 6.45) is -0.136. The molecular formula is C20H21ClN2O3. The highest BCUT2D eigenvalue weighted by Crippen LogP contribution is 2.32. The summed E-state index contributed by atoms with van der Waals surface area (Å²) in [5.74, 6) is -0.884. The summed E-state index contributed by atoms with van der Waals surface area (Å²) >= 11 is 6.10. The normalized spacial score (nSPS) is 17.0. The highest BCUT2D eigenvalue weighted by molar-refractivity contribution is 6.32. The van der Waals surface area contributed by atoms with Gasteiger partial charge in [-0.05, 0) is 57.4 Å². The molecular weight excluding hydrogens is 352 g/mol. The maximum atomic E-state index is 12.9. The molecule has 0 fully saturated rings. The predicted octanol–water partition coefficient (Wildman–Crippen LogP) is 3.87. The lowest BCUT2D eigenvalue weighted by Gasteiger charge is -2.26. The Kier molecular flexibility index (Phi) is 5.01. The second-order valence-corrected chi connectivity index (χ2v) is 7.04. The molecule has 0 radical (unpaired) electrons. The van der Waals surface area contributed by atoms with E-state index in [1.54, 1.807) is 31.7 Å². The highest BCUT2D eigenvalue weighted by atomic mass is 35.5. The molecule has 2 atom stereocenters. The molecule has 0 N–H and O–H groups in total. The number of nitrogens with zero attached hydrogens (tertiary/aromatic N) is 2. The molecule has 136 valence electrons. The molecule has 2 aromatic rings. The largest absolute Gasteiger partial charge is 0.449 e. The van der Waals surface area contributed by atoms with Crippen LogP contribution >= 0.6 is 11.6 Å². The number of para-hydroxylation sites is 1. The van der Waals surface area contributed by atoms with E-state index in [-0.39, 0.29) is 22.7 Å². The molecule has 0 unspecified atom stereocenters. The summed E-state index contributed by atoms with van der Waals surface area (Å²) in [4.78, 5) is 31.2. The minimum atomic E-state index is -0.923. The van der Waals surface area contributed by atoms with Gasteiger partial charge in [-0.15, -0.1) is 0 Å². The van der Waals surface area contributed by atoms with Crippen molar-refractivity contribution in [2.24, 2.45) is 0 Å². The van der Waals surface area contributed by atoms with Gasteiger partial charge in [0.25, 0.3) is 5.91 Å². The molecule has 0 bridgehead atoms. The van der Waals surface area contributed by atoms with E-state index in [2.05, 4.69) is 4.98 Å². The monoisotopic (exact) mass is 372 g/mol. The number of carbonyl (C=O) groups is 2. The van der Waals surface area contributed by atoms with Gasteiger partial charge in [0.2, 0.25) is 0 Å². The Morgan fingerprint density at radius 1 is 1.31 bits per heavy atom. The van der Waals surface area contributed by atoms with Gasteiger partial charge in [-0.3, -0.25) is 4.79 Å². The number of anilines is 1. The van der Waals surface area contributed by atoms with Crippen molar-refractivity contribution in [3.05, 3.63) is 57.9 Å². The lowest BCUT2D eigenvalue weighted by atomic mass is 10.1. The van der Waals surface area contributed by atoms with Crippen molar-refractivity contribution in [1.29, 1.82) is 0 Å². The Morgan fingerprint density at radius 2 is 2.00 bits per heavy atom. The molecule has 0 saturated heterocycles. The molecule has 1 aromatic carbocycles. The van der Waals surface area contributed by atoms with Crippen LogP contribution in [0.5, 0.6) is 0 Å². The smallest absolute Gasteiger partial charge is 0.342 e. The van der Waals surface area contributed by atoms with Gasteiger partial charge < -0.3 is 9.64 Å². The van der Waals surface area contributed by atoms with Gasteiger partial charge in [0.1, 0.15) is 5.15 Å². The van der Waals surface area contributed by atoms with Gasteiger partial charge in [0.15, 0.2) is 6.10 Å². The van der Waals surface area contributed by atoms with E-state index >= 15 is 0 Å². The number of ether oxygens (including phenoxy) is 1. The van der Waals surface area contributed by atoms with Crippen molar-refractivity contribution in [3.8, 4) is 0 Å². The number of benzene rings is 1. The Hall–Kier alpha value is -2.40. The fourth-order valence-electron chi connectivity index (χ4n) is 3.40. The van der Waals surface area contributed by atoms with Crippen molar-refractivity contribution in [3.63, 3.8) is 0 Å². The number of hydrogen-bond donors (Lipinski definition) is 0. The lowest BCUT2D eigenvalue weighted by Crippen LogP contribution is -2.43. The van der Waals surface area contributed by atoms with Crippen LogP contribution in [0.1, 0.15) is 41.0 Å². The van der Waals surface area contributed by atoms with Crippen LogP contribution < -0.4 is 4.90 Å². The molecule has 26 heavy (non-hydrogen) atoms. The Bertz CT molecular complexity index is 858. The number of halogens is 1. The maximum absolute atomic E-state index is 12.9. The second kappa shape index (κ2) is 7.08. The topological polar surface area (TPSA) is 59.5 Å². The van der Waals surface area contributed by atoms with Gasteiger partial charge in [-0.1, -0.05) is 29.8 Å². The van der Waals surface area contributed by atoms with E-state index in [0.717, 1.165) is 23.4 Å². The van der Waals surface area contributed by atoms with E-state index in [4.69, 9.17) is 16.3 Å². The summed E-state index contributed by atoms with van der Waals surface area (Å²) < 4.78 is 5.42. The van der Waals surface area contributed by atoms with E-state index < -0.39 is 12.1 Å².